The second-order valence-corrected chi connectivity index (χ2v) is 5.97. The lowest BCUT2D eigenvalue weighted by Gasteiger charge is -2.28. The van der Waals surface area contributed by atoms with Crippen LogP contribution in [-0.2, 0) is 9.59 Å². The Morgan fingerprint density at radius 3 is 1.80 bits per heavy atom. The van der Waals surface area contributed by atoms with Crippen molar-refractivity contribution in [1.29, 1.82) is 0 Å². The minimum absolute atomic E-state index is 0.0121. The first-order chi connectivity index (χ1) is 9.75. The van der Waals surface area contributed by atoms with Crippen LogP contribution in [0.15, 0.2) is 0 Å². The summed E-state index contributed by atoms with van der Waals surface area (Å²) in [5.41, 5.74) is 0. The Balaban J connectivity index is 1.78. The van der Waals surface area contributed by atoms with E-state index in [1.165, 1.54) is 62.7 Å². The molecule has 2 amide bonds. The number of carbonyl (C=O) groups is 2. The first-order valence-corrected chi connectivity index (χ1v) is 8.59. The quantitative estimate of drug-likeness (QED) is 0.391. The van der Waals surface area contributed by atoms with Gasteiger partial charge in [-0.1, -0.05) is 71.1 Å². The van der Waals surface area contributed by atoms with Gasteiger partial charge in [0.05, 0.1) is 0 Å². The van der Waals surface area contributed by atoms with Crippen molar-refractivity contribution < 1.29 is 9.59 Å². The number of hydrogen-bond acceptors (Lipinski definition) is 2. The average molecular weight is 281 g/mol. The number of β-lactam (4-membered cyclic amide) rings is 1. The third kappa shape index (κ3) is 7.06. The van der Waals surface area contributed by atoms with E-state index < -0.39 is 0 Å². The van der Waals surface area contributed by atoms with Gasteiger partial charge in [0.25, 0.3) is 0 Å². The third-order valence-corrected chi connectivity index (χ3v) is 4.15. The van der Waals surface area contributed by atoms with Crippen LogP contribution in [-0.4, -0.2) is 23.3 Å². The van der Waals surface area contributed by atoms with Gasteiger partial charge < -0.3 is 0 Å². The summed E-state index contributed by atoms with van der Waals surface area (Å²) in [6.07, 6.45) is 15.3. The highest BCUT2D eigenvalue weighted by Crippen LogP contribution is 2.14. The number of rotatable bonds is 12. The van der Waals surface area contributed by atoms with Crippen molar-refractivity contribution in [2.24, 2.45) is 0 Å². The van der Waals surface area contributed by atoms with Crippen LogP contribution in [0.25, 0.3) is 0 Å². The molecule has 1 saturated heterocycles. The molecule has 0 aromatic heterocycles. The lowest BCUT2D eigenvalue weighted by molar-refractivity contribution is -0.152. The zero-order valence-electron chi connectivity index (χ0n) is 13.2. The summed E-state index contributed by atoms with van der Waals surface area (Å²) in [6, 6.07) is 0. The summed E-state index contributed by atoms with van der Waals surface area (Å²) in [5.74, 6) is 0.0512. The molecular weight excluding hydrogens is 250 g/mol. The zero-order chi connectivity index (χ0) is 14.6. The van der Waals surface area contributed by atoms with Gasteiger partial charge in [0, 0.05) is 19.4 Å². The molecule has 0 N–H and O–H groups in total. The highest BCUT2D eigenvalue weighted by atomic mass is 16.2. The van der Waals surface area contributed by atoms with Gasteiger partial charge in [-0.3, -0.25) is 14.5 Å². The monoisotopic (exact) mass is 281 g/mol. The molecule has 3 heteroatoms. The molecule has 0 aromatic rings. The van der Waals surface area contributed by atoms with Gasteiger partial charge in [0.1, 0.15) is 0 Å². The number of carbonyl (C=O) groups excluding carboxylic acids is 2. The maximum absolute atomic E-state index is 11.6. The topological polar surface area (TPSA) is 37.4 Å². The highest BCUT2D eigenvalue weighted by molar-refractivity contribution is 5.99. The minimum atomic E-state index is 0.0121. The van der Waals surface area contributed by atoms with E-state index in [4.69, 9.17) is 0 Å². The van der Waals surface area contributed by atoms with Gasteiger partial charge in [-0.25, -0.2) is 0 Å². The van der Waals surface area contributed by atoms with Gasteiger partial charge in [0.15, 0.2) is 0 Å². The molecule has 0 aromatic carbocycles. The molecule has 0 aliphatic carbocycles. The van der Waals surface area contributed by atoms with Crippen LogP contribution in [0.3, 0.4) is 0 Å². The van der Waals surface area contributed by atoms with Crippen molar-refractivity contribution in [2.45, 2.75) is 90.4 Å². The van der Waals surface area contributed by atoms with E-state index in [0.717, 1.165) is 12.8 Å². The van der Waals surface area contributed by atoms with E-state index in [1.54, 1.807) is 0 Å². The summed E-state index contributed by atoms with van der Waals surface area (Å²) >= 11 is 0. The molecule has 1 heterocycles. The summed E-state index contributed by atoms with van der Waals surface area (Å²) in [4.78, 5) is 24.1. The number of likely N-dealkylation sites (tertiary alicyclic amines) is 1. The van der Waals surface area contributed by atoms with Crippen LogP contribution in [0.5, 0.6) is 0 Å². The molecule has 116 valence electrons. The van der Waals surface area contributed by atoms with Crippen molar-refractivity contribution in [3.8, 4) is 0 Å². The van der Waals surface area contributed by atoms with Crippen LogP contribution in [0.1, 0.15) is 90.4 Å². The number of nitrogens with zero attached hydrogens (tertiary/aromatic N) is 1. The van der Waals surface area contributed by atoms with Crippen molar-refractivity contribution >= 4 is 11.8 Å². The Morgan fingerprint density at radius 2 is 1.40 bits per heavy atom. The number of hydrogen-bond donors (Lipinski definition) is 0. The van der Waals surface area contributed by atoms with Crippen LogP contribution < -0.4 is 0 Å². The van der Waals surface area contributed by atoms with Crippen molar-refractivity contribution in [1.82, 2.24) is 4.90 Å². The Bertz CT molecular complexity index is 289. The largest absolute Gasteiger partial charge is 0.282 e. The summed E-state index contributed by atoms with van der Waals surface area (Å²) in [6.45, 7) is 2.90. The Labute approximate surface area is 124 Å². The Hall–Kier alpha value is -0.860. The molecule has 0 spiro atoms. The summed E-state index contributed by atoms with van der Waals surface area (Å²) in [7, 11) is 0. The zero-order valence-corrected chi connectivity index (χ0v) is 13.2. The standard InChI is InChI=1S/C17H31NO2/c1-2-3-4-5-6-7-8-9-10-11-12-13-16(19)18-15-14-17(18)20/h2-15H2,1H3. The van der Waals surface area contributed by atoms with E-state index in [9.17, 15) is 9.59 Å². The highest BCUT2D eigenvalue weighted by Gasteiger charge is 2.28. The number of amides is 2. The smallest absolute Gasteiger partial charge is 0.230 e. The SMILES string of the molecule is CCCCCCCCCCCCCC(=O)N1CCC1=O. The van der Waals surface area contributed by atoms with E-state index in [0.29, 0.717) is 19.4 Å². The van der Waals surface area contributed by atoms with Crippen LogP contribution >= 0.6 is 0 Å². The molecular formula is C17H31NO2. The molecule has 0 saturated carbocycles. The van der Waals surface area contributed by atoms with Gasteiger partial charge in [-0.2, -0.15) is 0 Å². The lowest BCUT2D eigenvalue weighted by atomic mass is 10.0. The lowest BCUT2D eigenvalue weighted by Crippen LogP contribution is -2.47. The van der Waals surface area contributed by atoms with Gasteiger partial charge in [-0.05, 0) is 6.42 Å². The van der Waals surface area contributed by atoms with Crippen molar-refractivity contribution in [2.75, 3.05) is 6.54 Å². The van der Waals surface area contributed by atoms with E-state index >= 15 is 0 Å². The van der Waals surface area contributed by atoms with Gasteiger partial charge >= 0.3 is 0 Å². The van der Waals surface area contributed by atoms with Crippen LogP contribution in [0.4, 0.5) is 0 Å². The second-order valence-electron chi connectivity index (χ2n) is 5.97. The molecule has 3 nitrogen and oxygen atoms in total. The molecule has 1 rings (SSSR count). The first-order valence-electron chi connectivity index (χ1n) is 8.59. The fourth-order valence-electron chi connectivity index (χ4n) is 2.65. The predicted molar refractivity (Wildman–Crippen MR) is 82.4 cm³/mol. The van der Waals surface area contributed by atoms with Crippen molar-refractivity contribution in [3.63, 3.8) is 0 Å². The first kappa shape index (κ1) is 17.2. The normalized spacial score (nSPS) is 14.4. The fourth-order valence-corrected chi connectivity index (χ4v) is 2.65. The number of unbranched alkanes of at least 4 members (excludes halogenated alkanes) is 10. The Kier molecular flexibility index (Phi) is 9.35. The van der Waals surface area contributed by atoms with Crippen molar-refractivity contribution in [3.05, 3.63) is 0 Å². The average Bonchev–Trinajstić information content (AvgIpc) is 2.43. The van der Waals surface area contributed by atoms with Crippen LogP contribution in [0, 0.1) is 0 Å². The molecule has 20 heavy (non-hydrogen) atoms. The Morgan fingerprint density at radius 1 is 0.900 bits per heavy atom. The molecule has 0 atom stereocenters. The molecule has 1 fully saturated rings. The molecule has 0 radical (unpaired) electrons. The minimum Gasteiger partial charge on any atom is -0.282 e. The molecule has 1 aliphatic heterocycles. The van der Waals surface area contributed by atoms with E-state index in [1.807, 2.05) is 0 Å². The number of imide groups is 1. The van der Waals surface area contributed by atoms with E-state index in [2.05, 4.69) is 6.92 Å². The summed E-state index contributed by atoms with van der Waals surface area (Å²) < 4.78 is 0. The second kappa shape index (κ2) is 10.9. The maximum Gasteiger partial charge on any atom is 0.230 e. The molecule has 1 aliphatic rings. The van der Waals surface area contributed by atoms with E-state index in [-0.39, 0.29) is 11.8 Å². The van der Waals surface area contributed by atoms with Gasteiger partial charge in [-0.15, -0.1) is 0 Å². The molecule has 0 bridgehead atoms. The molecule has 0 unspecified atom stereocenters. The van der Waals surface area contributed by atoms with Crippen LogP contribution in [0.2, 0.25) is 0 Å². The van der Waals surface area contributed by atoms with Gasteiger partial charge in [0.2, 0.25) is 11.8 Å². The predicted octanol–water partition coefficient (Wildman–Crippen LogP) is 4.45. The fraction of sp³-hybridized carbons (Fsp3) is 0.882. The third-order valence-electron chi connectivity index (χ3n) is 4.15. The summed E-state index contributed by atoms with van der Waals surface area (Å²) in [5, 5.41) is 0. The maximum atomic E-state index is 11.6.